The number of hydrogen-bond donors (Lipinski definition) is 1. The van der Waals surface area contributed by atoms with Crippen molar-refractivity contribution in [1.82, 2.24) is 14.3 Å². The highest BCUT2D eigenvalue weighted by Crippen LogP contribution is 2.24. The van der Waals surface area contributed by atoms with Crippen molar-refractivity contribution >= 4 is 21.6 Å². The maximum Gasteiger partial charge on any atom is 0.211 e. The molecule has 0 atom stereocenters. The van der Waals surface area contributed by atoms with Crippen LogP contribution in [0.3, 0.4) is 0 Å². The Labute approximate surface area is 188 Å². The van der Waals surface area contributed by atoms with E-state index in [0.29, 0.717) is 24.5 Å². The standard InChI is InChI=1S/C23H26ClN3O3S/c1-3-27(31(2,29)30)16-18-7-4-8-19(14-18)21-12-13-25-23(26-21)9-5-6-17-10-11-22(28)20(24)15-17/h4,7-8,10-15,28H,3,5-6,9,16H2,1-2H3. The molecule has 2 aromatic carbocycles. The Balaban J connectivity index is 1.69. The number of halogens is 1. The van der Waals surface area contributed by atoms with E-state index in [1.165, 1.54) is 10.6 Å². The first kappa shape index (κ1) is 23.2. The average Bonchev–Trinajstić information content (AvgIpc) is 2.74. The maximum absolute atomic E-state index is 11.9. The summed E-state index contributed by atoms with van der Waals surface area (Å²) in [6.45, 7) is 2.58. The molecule has 6 nitrogen and oxygen atoms in total. The van der Waals surface area contributed by atoms with E-state index >= 15 is 0 Å². The van der Waals surface area contributed by atoms with Crippen LogP contribution in [0.5, 0.6) is 5.75 Å². The molecule has 8 heteroatoms. The summed E-state index contributed by atoms with van der Waals surface area (Å²) in [6, 6.07) is 14.9. The number of sulfonamides is 1. The molecule has 1 N–H and O–H groups in total. The molecule has 0 aliphatic rings. The Morgan fingerprint density at radius 2 is 1.87 bits per heavy atom. The summed E-state index contributed by atoms with van der Waals surface area (Å²) in [5, 5.41) is 9.88. The van der Waals surface area contributed by atoms with Gasteiger partial charge in [-0.25, -0.2) is 18.4 Å². The van der Waals surface area contributed by atoms with Crippen LogP contribution in [0.2, 0.25) is 5.02 Å². The smallest absolute Gasteiger partial charge is 0.211 e. The predicted molar refractivity (Wildman–Crippen MR) is 124 cm³/mol. The quantitative estimate of drug-likeness (QED) is 0.510. The number of phenolic OH excluding ortho intramolecular Hbond substituents is 1. The molecule has 164 valence electrons. The van der Waals surface area contributed by atoms with Crippen molar-refractivity contribution in [3.63, 3.8) is 0 Å². The molecular weight excluding hydrogens is 434 g/mol. The van der Waals surface area contributed by atoms with Crippen LogP contribution in [0.25, 0.3) is 11.3 Å². The topological polar surface area (TPSA) is 83.4 Å². The van der Waals surface area contributed by atoms with Gasteiger partial charge in [0.05, 0.1) is 17.0 Å². The molecule has 0 saturated carbocycles. The molecule has 0 fully saturated rings. The summed E-state index contributed by atoms with van der Waals surface area (Å²) >= 11 is 5.97. The minimum Gasteiger partial charge on any atom is -0.506 e. The minimum atomic E-state index is -3.25. The summed E-state index contributed by atoms with van der Waals surface area (Å²) in [5.74, 6) is 0.835. The van der Waals surface area contributed by atoms with E-state index in [0.717, 1.165) is 41.1 Å². The Morgan fingerprint density at radius 1 is 1.06 bits per heavy atom. The van der Waals surface area contributed by atoms with Crippen molar-refractivity contribution in [3.8, 4) is 17.0 Å². The minimum absolute atomic E-state index is 0.0854. The van der Waals surface area contributed by atoms with Gasteiger partial charge in [0.25, 0.3) is 0 Å². The molecule has 0 aliphatic carbocycles. The zero-order valence-electron chi connectivity index (χ0n) is 17.6. The van der Waals surface area contributed by atoms with Crippen molar-refractivity contribution in [2.75, 3.05) is 12.8 Å². The van der Waals surface area contributed by atoms with Crippen molar-refractivity contribution in [2.45, 2.75) is 32.7 Å². The normalized spacial score (nSPS) is 11.7. The lowest BCUT2D eigenvalue weighted by atomic mass is 10.1. The molecule has 0 spiro atoms. The zero-order valence-corrected chi connectivity index (χ0v) is 19.2. The van der Waals surface area contributed by atoms with Crippen LogP contribution in [0.1, 0.15) is 30.3 Å². The number of benzene rings is 2. The third kappa shape index (κ3) is 6.50. The molecule has 1 heterocycles. The van der Waals surface area contributed by atoms with E-state index in [1.807, 2.05) is 43.3 Å². The van der Waals surface area contributed by atoms with Crippen LogP contribution < -0.4 is 0 Å². The van der Waals surface area contributed by atoms with E-state index in [-0.39, 0.29) is 5.75 Å². The van der Waals surface area contributed by atoms with Crippen molar-refractivity contribution in [1.29, 1.82) is 0 Å². The second-order valence-corrected chi connectivity index (χ2v) is 9.78. The van der Waals surface area contributed by atoms with Crippen LogP contribution in [-0.4, -0.2) is 40.6 Å². The Bertz CT molecular complexity index is 1150. The Hall–Kier alpha value is -2.48. The van der Waals surface area contributed by atoms with Crippen LogP contribution in [-0.2, 0) is 29.4 Å². The summed E-state index contributed by atoms with van der Waals surface area (Å²) in [7, 11) is -3.25. The molecule has 0 radical (unpaired) electrons. The van der Waals surface area contributed by atoms with Crippen molar-refractivity contribution in [3.05, 3.63) is 76.7 Å². The van der Waals surface area contributed by atoms with Gasteiger partial charge in [-0.1, -0.05) is 42.8 Å². The fraction of sp³-hybridized carbons (Fsp3) is 0.304. The number of rotatable bonds is 9. The molecule has 0 aliphatic heterocycles. The Kier molecular flexibility index (Phi) is 7.64. The first-order valence-electron chi connectivity index (χ1n) is 10.1. The highest BCUT2D eigenvalue weighted by molar-refractivity contribution is 7.88. The highest BCUT2D eigenvalue weighted by Gasteiger charge is 2.15. The number of aromatic nitrogens is 2. The predicted octanol–water partition coefficient (Wildman–Crippen LogP) is 4.46. The fourth-order valence-corrected chi connectivity index (χ4v) is 4.39. The van der Waals surface area contributed by atoms with Crippen molar-refractivity contribution in [2.24, 2.45) is 0 Å². The van der Waals surface area contributed by atoms with Gasteiger partial charge in [0.15, 0.2) is 0 Å². The fourth-order valence-electron chi connectivity index (χ4n) is 3.33. The number of phenols is 1. The second kappa shape index (κ2) is 10.2. The monoisotopic (exact) mass is 459 g/mol. The SMILES string of the molecule is CCN(Cc1cccc(-c2ccnc(CCCc3ccc(O)c(Cl)c3)n2)c1)S(C)(=O)=O. The van der Waals surface area contributed by atoms with Gasteiger partial charge in [-0.15, -0.1) is 0 Å². The van der Waals surface area contributed by atoms with Crippen LogP contribution >= 0.6 is 11.6 Å². The van der Waals surface area contributed by atoms with Gasteiger partial charge in [-0.05, 0) is 48.2 Å². The van der Waals surface area contributed by atoms with Gasteiger partial charge in [0.1, 0.15) is 11.6 Å². The summed E-state index contributed by atoms with van der Waals surface area (Å²) in [4.78, 5) is 9.07. The number of aryl methyl sites for hydroxylation is 2. The molecular formula is C23H26ClN3O3S. The highest BCUT2D eigenvalue weighted by atomic mass is 35.5. The third-order valence-electron chi connectivity index (χ3n) is 4.99. The summed E-state index contributed by atoms with van der Waals surface area (Å²) < 4.78 is 25.2. The van der Waals surface area contributed by atoms with Crippen LogP contribution in [0.4, 0.5) is 0 Å². The average molecular weight is 460 g/mol. The molecule has 0 bridgehead atoms. The zero-order chi connectivity index (χ0) is 22.4. The van der Waals surface area contributed by atoms with E-state index in [4.69, 9.17) is 11.6 Å². The van der Waals surface area contributed by atoms with Gasteiger partial charge in [-0.2, -0.15) is 4.31 Å². The van der Waals surface area contributed by atoms with Gasteiger partial charge >= 0.3 is 0 Å². The first-order chi connectivity index (χ1) is 14.8. The first-order valence-corrected chi connectivity index (χ1v) is 12.3. The van der Waals surface area contributed by atoms with Gasteiger partial charge < -0.3 is 5.11 Å². The molecule has 0 amide bonds. The molecule has 1 aromatic heterocycles. The maximum atomic E-state index is 11.9. The molecule has 31 heavy (non-hydrogen) atoms. The van der Waals surface area contributed by atoms with E-state index < -0.39 is 10.0 Å². The Morgan fingerprint density at radius 3 is 2.58 bits per heavy atom. The number of nitrogens with zero attached hydrogens (tertiary/aromatic N) is 3. The van der Waals surface area contributed by atoms with Gasteiger partial charge in [-0.3, -0.25) is 0 Å². The molecule has 0 unspecified atom stereocenters. The lowest BCUT2D eigenvalue weighted by Crippen LogP contribution is -2.29. The lowest BCUT2D eigenvalue weighted by Gasteiger charge is -2.18. The third-order valence-corrected chi connectivity index (χ3v) is 6.61. The van der Waals surface area contributed by atoms with E-state index in [1.54, 1.807) is 18.3 Å². The molecule has 3 rings (SSSR count). The number of hydrogen-bond acceptors (Lipinski definition) is 5. The lowest BCUT2D eigenvalue weighted by molar-refractivity contribution is 0.428. The summed E-state index contributed by atoms with van der Waals surface area (Å²) in [5.41, 5.74) is 3.70. The number of aromatic hydroxyl groups is 1. The van der Waals surface area contributed by atoms with Crippen LogP contribution in [0.15, 0.2) is 54.7 Å². The second-order valence-electron chi connectivity index (χ2n) is 7.39. The molecule has 3 aromatic rings. The van der Waals surface area contributed by atoms with Gasteiger partial charge in [0, 0.05) is 31.3 Å². The molecule has 0 saturated heterocycles. The van der Waals surface area contributed by atoms with E-state index in [2.05, 4.69) is 9.97 Å². The van der Waals surface area contributed by atoms with E-state index in [9.17, 15) is 13.5 Å². The van der Waals surface area contributed by atoms with Gasteiger partial charge in [0.2, 0.25) is 10.0 Å². The van der Waals surface area contributed by atoms with Crippen LogP contribution in [0, 0.1) is 0 Å². The summed E-state index contributed by atoms with van der Waals surface area (Å²) in [6.07, 6.45) is 5.34. The van der Waals surface area contributed by atoms with Crippen molar-refractivity contribution < 1.29 is 13.5 Å². The largest absolute Gasteiger partial charge is 0.506 e.